The van der Waals surface area contributed by atoms with Crippen molar-refractivity contribution >= 4 is 11.6 Å². The molecule has 0 heterocycles. The van der Waals surface area contributed by atoms with Gasteiger partial charge in [0.25, 0.3) is 5.91 Å². The number of halogens is 1. The molecule has 0 spiro atoms. The fraction of sp³-hybridized carbons (Fsp3) is 0.182. The molecule has 0 saturated heterocycles. The van der Waals surface area contributed by atoms with Gasteiger partial charge in [-0.2, -0.15) is 0 Å². The van der Waals surface area contributed by atoms with Crippen LogP contribution in [0.25, 0.3) is 0 Å². The molecule has 0 saturated carbocycles. The third-order valence-corrected chi connectivity index (χ3v) is 1.94. The molecule has 0 aromatic heterocycles. The van der Waals surface area contributed by atoms with E-state index in [1.165, 1.54) is 12.1 Å². The van der Waals surface area contributed by atoms with Crippen LogP contribution in [0.15, 0.2) is 12.1 Å². The quantitative estimate of drug-likeness (QED) is 0.562. The Morgan fingerprint density at radius 2 is 2.33 bits per heavy atom. The number of rotatable bonds is 2. The summed E-state index contributed by atoms with van der Waals surface area (Å²) >= 11 is 0. The predicted molar refractivity (Wildman–Crippen MR) is 56.7 cm³/mol. The van der Waals surface area contributed by atoms with Gasteiger partial charge in [0.05, 0.1) is 12.2 Å². The number of nitrogens with two attached hydrogens (primary N) is 1. The van der Waals surface area contributed by atoms with Gasteiger partial charge >= 0.3 is 0 Å². The molecule has 3 N–H and O–H groups in total. The summed E-state index contributed by atoms with van der Waals surface area (Å²) in [5, 5.41) is 2.48. The molecular formula is C11H11FN2O. The van der Waals surface area contributed by atoms with E-state index in [0.717, 1.165) is 0 Å². The van der Waals surface area contributed by atoms with Crippen LogP contribution in [0.2, 0.25) is 0 Å². The standard InChI is InChI=1S/C11H11FN2O/c1-3-4-14-11(15)8-6-10(13)9(12)5-7(8)2/h1,5-6H,4,13H2,2H3,(H,14,15). The van der Waals surface area contributed by atoms with E-state index in [-0.39, 0.29) is 18.1 Å². The molecule has 0 unspecified atom stereocenters. The minimum atomic E-state index is -0.527. The highest BCUT2D eigenvalue weighted by molar-refractivity contribution is 5.96. The van der Waals surface area contributed by atoms with Crippen LogP contribution in [0.4, 0.5) is 10.1 Å². The summed E-state index contributed by atoms with van der Waals surface area (Å²) in [5.41, 5.74) is 6.17. The van der Waals surface area contributed by atoms with Crippen molar-refractivity contribution in [3.63, 3.8) is 0 Å². The summed E-state index contributed by atoms with van der Waals surface area (Å²) in [4.78, 5) is 11.5. The first-order chi connectivity index (χ1) is 7.06. The molecule has 1 aromatic rings. The van der Waals surface area contributed by atoms with Crippen molar-refractivity contribution in [2.75, 3.05) is 12.3 Å². The van der Waals surface area contributed by atoms with Crippen molar-refractivity contribution in [1.29, 1.82) is 0 Å². The van der Waals surface area contributed by atoms with Gasteiger partial charge in [-0.3, -0.25) is 4.79 Å². The number of hydrogen-bond donors (Lipinski definition) is 2. The van der Waals surface area contributed by atoms with E-state index >= 15 is 0 Å². The van der Waals surface area contributed by atoms with Crippen molar-refractivity contribution in [3.8, 4) is 12.3 Å². The third-order valence-electron chi connectivity index (χ3n) is 1.94. The highest BCUT2D eigenvalue weighted by atomic mass is 19.1. The Balaban J connectivity index is 3.00. The van der Waals surface area contributed by atoms with Gasteiger partial charge in [-0.25, -0.2) is 4.39 Å². The van der Waals surface area contributed by atoms with E-state index in [0.29, 0.717) is 11.1 Å². The molecule has 0 aliphatic heterocycles. The molecule has 0 aliphatic rings. The zero-order valence-electron chi connectivity index (χ0n) is 8.30. The molecule has 1 rings (SSSR count). The van der Waals surface area contributed by atoms with Gasteiger partial charge < -0.3 is 11.1 Å². The maximum absolute atomic E-state index is 13.0. The lowest BCUT2D eigenvalue weighted by Crippen LogP contribution is -2.24. The van der Waals surface area contributed by atoms with Gasteiger partial charge in [-0.15, -0.1) is 6.42 Å². The number of carbonyl (C=O) groups is 1. The lowest BCUT2D eigenvalue weighted by atomic mass is 10.1. The fourth-order valence-electron chi connectivity index (χ4n) is 1.16. The maximum Gasteiger partial charge on any atom is 0.252 e. The average molecular weight is 206 g/mol. The molecule has 0 aliphatic carbocycles. The summed E-state index contributed by atoms with van der Waals surface area (Å²) in [6.07, 6.45) is 5.00. The van der Waals surface area contributed by atoms with E-state index in [1.54, 1.807) is 6.92 Å². The molecule has 1 amide bonds. The van der Waals surface area contributed by atoms with Crippen molar-refractivity contribution in [2.45, 2.75) is 6.92 Å². The summed E-state index contributed by atoms with van der Waals surface area (Å²) in [5.74, 6) is 1.40. The van der Waals surface area contributed by atoms with Crippen LogP contribution in [0.5, 0.6) is 0 Å². The zero-order chi connectivity index (χ0) is 11.4. The lowest BCUT2D eigenvalue weighted by Gasteiger charge is -2.07. The van der Waals surface area contributed by atoms with E-state index in [9.17, 15) is 9.18 Å². The van der Waals surface area contributed by atoms with Gasteiger partial charge in [-0.1, -0.05) is 5.92 Å². The van der Waals surface area contributed by atoms with Gasteiger partial charge in [0, 0.05) is 5.56 Å². The molecule has 3 nitrogen and oxygen atoms in total. The first-order valence-electron chi connectivity index (χ1n) is 4.33. The molecule has 0 radical (unpaired) electrons. The number of anilines is 1. The van der Waals surface area contributed by atoms with E-state index < -0.39 is 5.82 Å². The van der Waals surface area contributed by atoms with Crippen LogP contribution in [-0.2, 0) is 0 Å². The molecule has 1 aromatic carbocycles. The number of nitrogen functional groups attached to an aromatic ring is 1. The molecular weight excluding hydrogens is 195 g/mol. The summed E-state index contributed by atoms with van der Waals surface area (Å²) in [6.45, 7) is 1.77. The third kappa shape index (κ3) is 2.47. The maximum atomic E-state index is 13.0. The fourth-order valence-corrected chi connectivity index (χ4v) is 1.16. The van der Waals surface area contributed by atoms with E-state index in [4.69, 9.17) is 12.2 Å². The number of amides is 1. The Bertz CT molecular complexity index is 435. The largest absolute Gasteiger partial charge is 0.396 e. The van der Waals surface area contributed by atoms with Crippen molar-refractivity contribution in [2.24, 2.45) is 0 Å². The smallest absolute Gasteiger partial charge is 0.252 e. The molecule has 78 valence electrons. The van der Waals surface area contributed by atoms with E-state index in [2.05, 4.69) is 11.2 Å². The first kappa shape index (κ1) is 11.1. The second-order valence-corrected chi connectivity index (χ2v) is 3.08. The molecule has 0 bridgehead atoms. The number of aryl methyl sites for hydroxylation is 1. The Labute approximate surface area is 87.5 Å². The number of hydrogen-bond acceptors (Lipinski definition) is 2. The topological polar surface area (TPSA) is 55.1 Å². The Morgan fingerprint density at radius 1 is 1.67 bits per heavy atom. The normalized spacial score (nSPS) is 9.40. The second kappa shape index (κ2) is 4.47. The molecule has 0 atom stereocenters. The number of benzene rings is 1. The Kier molecular flexibility index (Phi) is 3.29. The van der Waals surface area contributed by atoms with Crippen LogP contribution in [0, 0.1) is 25.1 Å². The van der Waals surface area contributed by atoms with Crippen LogP contribution in [-0.4, -0.2) is 12.5 Å². The van der Waals surface area contributed by atoms with Crippen LogP contribution in [0.1, 0.15) is 15.9 Å². The summed E-state index contributed by atoms with van der Waals surface area (Å²) in [7, 11) is 0. The van der Waals surface area contributed by atoms with Crippen LogP contribution >= 0.6 is 0 Å². The monoisotopic (exact) mass is 206 g/mol. The lowest BCUT2D eigenvalue weighted by molar-refractivity contribution is 0.0958. The van der Waals surface area contributed by atoms with Crippen molar-refractivity contribution in [3.05, 3.63) is 29.1 Å². The van der Waals surface area contributed by atoms with Gasteiger partial charge in [0.1, 0.15) is 5.82 Å². The van der Waals surface area contributed by atoms with Gasteiger partial charge in [0.2, 0.25) is 0 Å². The predicted octanol–water partition coefficient (Wildman–Crippen LogP) is 1.08. The van der Waals surface area contributed by atoms with Gasteiger partial charge in [0.15, 0.2) is 0 Å². The first-order valence-corrected chi connectivity index (χ1v) is 4.33. The highest BCUT2D eigenvalue weighted by Crippen LogP contribution is 2.16. The Hall–Kier alpha value is -2.02. The van der Waals surface area contributed by atoms with Crippen LogP contribution in [0.3, 0.4) is 0 Å². The van der Waals surface area contributed by atoms with Gasteiger partial charge in [-0.05, 0) is 24.6 Å². The zero-order valence-corrected chi connectivity index (χ0v) is 8.30. The average Bonchev–Trinajstić information content (AvgIpc) is 2.20. The Morgan fingerprint density at radius 3 is 2.93 bits per heavy atom. The second-order valence-electron chi connectivity index (χ2n) is 3.08. The number of nitrogens with one attached hydrogen (secondary N) is 1. The van der Waals surface area contributed by atoms with E-state index in [1.807, 2.05) is 0 Å². The van der Waals surface area contributed by atoms with Crippen molar-refractivity contribution < 1.29 is 9.18 Å². The minimum Gasteiger partial charge on any atom is -0.396 e. The molecule has 0 fully saturated rings. The number of terminal acetylenes is 1. The molecule has 4 heteroatoms. The SMILES string of the molecule is C#CCNC(=O)c1cc(N)c(F)cc1C. The molecule has 15 heavy (non-hydrogen) atoms. The summed E-state index contributed by atoms with van der Waals surface area (Å²) < 4.78 is 13.0. The highest BCUT2D eigenvalue weighted by Gasteiger charge is 2.11. The van der Waals surface area contributed by atoms with Crippen LogP contribution < -0.4 is 11.1 Å². The summed E-state index contributed by atoms with van der Waals surface area (Å²) in [6, 6.07) is 2.52. The van der Waals surface area contributed by atoms with Crippen molar-refractivity contribution in [1.82, 2.24) is 5.32 Å². The minimum absolute atomic E-state index is 0.0496. The number of carbonyl (C=O) groups excluding carboxylic acids is 1.